The molecule has 3 rings (SSSR count). The van der Waals surface area contributed by atoms with Gasteiger partial charge >= 0.3 is 0 Å². The molecule has 126 valence electrons. The third kappa shape index (κ3) is 4.87. The number of amides is 1. The van der Waals surface area contributed by atoms with Crippen LogP contribution in [0, 0.1) is 6.92 Å². The van der Waals surface area contributed by atoms with Crippen LogP contribution < -0.4 is 5.32 Å². The molecule has 0 atom stereocenters. The summed E-state index contributed by atoms with van der Waals surface area (Å²) in [6, 6.07) is 15.7. The molecule has 0 saturated heterocycles. The van der Waals surface area contributed by atoms with Gasteiger partial charge < -0.3 is 5.32 Å². The molecule has 0 fully saturated rings. The third-order valence-corrected chi connectivity index (χ3v) is 4.09. The number of rotatable bonds is 5. The van der Waals surface area contributed by atoms with Gasteiger partial charge in [-0.1, -0.05) is 51.5 Å². The Bertz CT molecular complexity index is 903. The van der Waals surface area contributed by atoms with Gasteiger partial charge in [-0.05, 0) is 42.3 Å². The predicted octanol–water partition coefficient (Wildman–Crippen LogP) is 4.05. The highest BCUT2D eigenvalue weighted by Gasteiger charge is 2.03. The molecule has 0 radical (unpaired) electrons. The van der Waals surface area contributed by atoms with Crippen LogP contribution in [0.25, 0.3) is 6.08 Å². The van der Waals surface area contributed by atoms with Gasteiger partial charge in [0.05, 0.1) is 12.7 Å². The first-order valence-electron chi connectivity index (χ1n) is 7.79. The summed E-state index contributed by atoms with van der Waals surface area (Å²) in [6.07, 6.45) is 4.91. The lowest BCUT2D eigenvalue weighted by Gasteiger charge is -2.06. The Hall–Kier alpha value is -2.73. The fraction of sp³-hybridized carbons (Fsp3) is 0.105. The normalized spacial score (nSPS) is 11.0. The molecular formula is C19H17BrN4O. The summed E-state index contributed by atoms with van der Waals surface area (Å²) >= 11 is 3.41. The van der Waals surface area contributed by atoms with Gasteiger partial charge in [0.15, 0.2) is 0 Å². The first-order valence-corrected chi connectivity index (χ1v) is 8.59. The van der Waals surface area contributed by atoms with Crippen LogP contribution in [0.5, 0.6) is 0 Å². The third-order valence-electron chi connectivity index (χ3n) is 3.60. The Morgan fingerprint density at radius 1 is 1.24 bits per heavy atom. The van der Waals surface area contributed by atoms with Gasteiger partial charge in [-0.2, -0.15) is 0 Å². The first kappa shape index (κ1) is 17.1. The summed E-state index contributed by atoms with van der Waals surface area (Å²) in [5.74, 6) is -0.206. The Morgan fingerprint density at radius 2 is 2.04 bits per heavy atom. The van der Waals surface area contributed by atoms with Gasteiger partial charge in [-0.3, -0.25) is 4.79 Å². The molecule has 25 heavy (non-hydrogen) atoms. The molecule has 5 nitrogen and oxygen atoms in total. The summed E-state index contributed by atoms with van der Waals surface area (Å²) in [5, 5.41) is 11.0. The minimum Gasteiger partial charge on any atom is -0.322 e. The van der Waals surface area contributed by atoms with E-state index in [9.17, 15) is 4.79 Å². The number of aryl methyl sites for hydroxylation is 1. The van der Waals surface area contributed by atoms with E-state index >= 15 is 0 Å². The lowest BCUT2D eigenvalue weighted by Crippen LogP contribution is -2.08. The standard InChI is InChI=1S/C19H17BrN4O/c1-14-11-16(20)7-9-18(14)21-19(25)10-8-17-13-24(23-22-17)12-15-5-3-2-4-6-15/h2-11,13H,12H2,1H3,(H,21,25)/b10-8+. The topological polar surface area (TPSA) is 59.8 Å². The molecular weight excluding hydrogens is 380 g/mol. The minimum absolute atomic E-state index is 0.206. The zero-order valence-electron chi connectivity index (χ0n) is 13.7. The van der Waals surface area contributed by atoms with Crippen molar-refractivity contribution in [2.45, 2.75) is 13.5 Å². The van der Waals surface area contributed by atoms with Crippen LogP contribution in [-0.4, -0.2) is 20.9 Å². The van der Waals surface area contributed by atoms with Crippen LogP contribution in [0.4, 0.5) is 5.69 Å². The minimum atomic E-state index is -0.206. The van der Waals surface area contributed by atoms with Crippen molar-refractivity contribution >= 4 is 33.6 Å². The van der Waals surface area contributed by atoms with Gasteiger partial charge in [0, 0.05) is 16.2 Å². The van der Waals surface area contributed by atoms with E-state index in [1.54, 1.807) is 10.8 Å². The molecule has 2 aromatic carbocycles. The molecule has 6 heteroatoms. The largest absolute Gasteiger partial charge is 0.322 e. The van der Waals surface area contributed by atoms with Crippen LogP contribution in [0.15, 0.2) is 65.3 Å². The fourth-order valence-corrected chi connectivity index (χ4v) is 2.82. The van der Waals surface area contributed by atoms with Crippen LogP contribution in [0.1, 0.15) is 16.8 Å². The summed E-state index contributed by atoms with van der Waals surface area (Å²) < 4.78 is 2.72. The molecule has 0 aliphatic heterocycles. The van der Waals surface area contributed by atoms with Crippen molar-refractivity contribution in [3.8, 4) is 0 Å². The summed E-state index contributed by atoms with van der Waals surface area (Å²) in [4.78, 5) is 12.1. The van der Waals surface area contributed by atoms with Gasteiger partial charge in [-0.25, -0.2) is 4.68 Å². The summed E-state index contributed by atoms with van der Waals surface area (Å²) in [6.45, 7) is 2.59. The van der Waals surface area contributed by atoms with E-state index in [1.807, 2.05) is 61.7 Å². The van der Waals surface area contributed by atoms with E-state index in [1.165, 1.54) is 6.08 Å². The van der Waals surface area contributed by atoms with E-state index in [2.05, 4.69) is 31.6 Å². The lowest BCUT2D eigenvalue weighted by molar-refractivity contribution is -0.111. The molecule has 3 aromatic rings. The van der Waals surface area contributed by atoms with Crippen molar-refractivity contribution < 1.29 is 4.79 Å². The van der Waals surface area contributed by atoms with Crippen LogP contribution in [-0.2, 0) is 11.3 Å². The molecule has 0 unspecified atom stereocenters. The van der Waals surface area contributed by atoms with E-state index in [0.717, 1.165) is 21.3 Å². The maximum atomic E-state index is 12.1. The van der Waals surface area contributed by atoms with Gasteiger partial charge in [0.2, 0.25) is 5.91 Å². The average molecular weight is 397 g/mol. The maximum Gasteiger partial charge on any atom is 0.248 e. The first-order chi connectivity index (χ1) is 12.1. The van der Waals surface area contributed by atoms with E-state index < -0.39 is 0 Å². The van der Waals surface area contributed by atoms with Crippen molar-refractivity contribution in [3.63, 3.8) is 0 Å². The van der Waals surface area contributed by atoms with Gasteiger partial charge in [0.1, 0.15) is 5.69 Å². The second kappa shape index (κ2) is 7.90. The van der Waals surface area contributed by atoms with Crippen molar-refractivity contribution in [1.82, 2.24) is 15.0 Å². The summed E-state index contributed by atoms with van der Waals surface area (Å²) in [7, 11) is 0. The number of nitrogens with zero attached hydrogens (tertiary/aromatic N) is 3. The van der Waals surface area contributed by atoms with Crippen LogP contribution in [0.3, 0.4) is 0 Å². The highest BCUT2D eigenvalue weighted by atomic mass is 79.9. The molecule has 0 saturated carbocycles. The number of hydrogen-bond donors (Lipinski definition) is 1. The van der Waals surface area contributed by atoms with Gasteiger partial charge in [-0.15, -0.1) is 5.10 Å². The number of hydrogen-bond acceptors (Lipinski definition) is 3. The predicted molar refractivity (Wildman–Crippen MR) is 102 cm³/mol. The number of aromatic nitrogens is 3. The molecule has 1 heterocycles. The Labute approximate surface area is 154 Å². The van der Waals surface area contributed by atoms with Crippen molar-refractivity contribution in [1.29, 1.82) is 0 Å². The molecule has 1 aromatic heterocycles. The van der Waals surface area contributed by atoms with Crippen LogP contribution >= 0.6 is 15.9 Å². The van der Waals surface area contributed by atoms with Crippen molar-refractivity contribution in [3.05, 3.63) is 82.1 Å². The highest BCUT2D eigenvalue weighted by molar-refractivity contribution is 9.10. The molecule has 0 bridgehead atoms. The average Bonchev–Trinajstić information content (AvgIpc) is 3.04. The van der Waals surface area contributed by atoms with Crippen molar-refractivity contribution in [2.75, 3.05) is 5.32 Å². The smallest absolute Gasteiger partial charge is 0.248 e. The molecule has 1 amide bonds. The van der Waals surface area contributed by atoms with Crippen LogP contribution in [0.2, 0.25) is 0 Å². The second-order valence-electron chi connectivity index (χ2n) is 5.61. The number of carbonyl (C=O) groups excluding carboxylic acids is 1. The second-order valence-corrected chi connectivity index (χ2v) is 6.52. The quantitative estimate of drug-likeness (QED) is 0.661. The molecule has 1 N–H and O–H groups in total. The number of nitrogens with one attached hydrogen (secondary N) is 1. The maximum absolute atomic E-state index is 12.1. The molecule has 0 aliphatic carbocycles. The lowest BCUT2D eigenvalue weighted by atomic mass is 10.2. The zero-order valence-corrected chi connectivity index (χ0v) is 15.3. The number of halogens is 1. The molecule has 0 spiro atoms. The van der Waals surface area contributed by atoms with E-state index in [4.69, 9.17) is 0 Å². The Morgan fingerprint density at radius 3 is 2.80 bits per heavy atom. The summed E-state index contributed by atoms with van der Waals surface area (Å²) in [5.41, 5.74) is 3.56. The highest BCUT2D eigenvalue weighted by Crippen LogP contribution is 2.20. The monoisotopic (exact) mass is 396 g/mol. The number of anilines is 1. The van der Waals surface area contributed by atoms with E-state index in [-0.39, 0.29) is 5.91 Å². The SMILES string of the molecule is Cc1cc(Br)ccc1NC(=O)/C=C/c1cn(Cc2ccccc2)nn1. The Kier molecular flexibility index (Phi) is 5.40. The van der Waals surface area contributed by atoms with Gasteiger partial charge in [0.25, 0.3) is 0 Å². The number of benzene rings is 2. The fourth-order valence-electron chi connectivity index (χ4n) is 2.34. The zero-order chi connectivity index (χ0) is 17.6. The number of carbonyl (C=O) groups is 1. The van der Waals surface area contributed by atoms with E-state index in [0.29, 0.717) is 12.2 Å². The Balaban J connectivity index is 1.61. The van der Waals surface area contributed by atoms with Crippen molar-refractivity contribution in [2.24, 2.45) is 0 Å². The molecule has 0 aliphatic rings.